The molecule has 0 saturated carbocycles. The lowest BCUT2D eigenvalue weighted by Gasteiger charge is -2.33. The van der Waals surface area contributed by atoms with E-state index in [1.54, 1.807) is 28.8 Å². The largest absolute Gasteiger partial charge is 0.379 e. The Kier molecular flexibility index (Phi) is 8.57. The van der Waals surface area contributed by atoms with Crippen molar-refractivity contribution in [1.82, 2.24) is 14.2 Å². The van der Waals surface area contributed by atoms with Gasteiger partial charge in [-0.3, -0.25) is 14.6 Å². The van der Waals surface area contributed by atoms with Crippen LogP contribution in [0, 0.1) is 5.92 Å². The summed E-state index contributed by atoms with van der Waals surface area (Å²) in [7, 11) is -3.49. The summed E-state index contributed by atoms with van der Waals surface area (Å²) in [5.74, 6) is -0.152. The third kappa shape index (κ3) is 6.07. The summed E-state index contributed by atoms with van der Waals surface area (Å²) in [6.07, 6.45) is 2.86. The lowest BCUT2D eigenvalue weighted by Crippen LogP contribution is -2.45. The van der Waals surface area contributed by atoms with Gasteiger partial charge in [-0.2, -0.15) is 4.31 Å². The second-order valence-electron chi connectivity index (χ2n) is 9.56. The number of carbonyl (C=O) groups is 1. The van der Waals surface area contributed by atoms with Crippen LogP contribution in [0.15, 0.2) is 39.9 Å². The Labute approximate surface area is 226 Å². The minimum absolute atomic E-state index is 0.0601. The number of nitrogens with zero attached hydrogens (tertiary/aromatic N) is 4. The summed E-state index contributed by atoms with van der Waals surface area (Å²) >= 11 is 2.81. The number of thiophene rings is 1. The Morgan fingerprint density at radius 3 is 2.65 bits per heavy atom. The number of sulfonamides is 1. The van der Waals surface area contributed by atoms with Crippen LogP contribution < -0.4 is 4.90 Å². The van der Waals surface area contributed by atoms with Crippen LogP contribution in [0.5, 0.6) is 0 Å². The highest BCUT2D eigenvalue weighted by molar-refractivity contribution is 7.91. The minimum atomic E-state index is -3.49. The molecular formula is C26H34N4O4S3. The van der Waals surface area contributed by atoms with Crippen LogP contribution in [-0.4, -0.2) is 81.0 Å². The Hall–Kier alpha value is -1.89. The first kappa shape index (κ1) is 26.7. The third-order valence-electron chi connectivity index (χ3n) is 7.20. The minimum Gasteiger partial charge on any atom is -0.379 e. The van der Waals surface area contributed by atoms with Crippen LogP contribution in [0.4, 0.5) is 5.13 Å². The van der Waals surface area contributed by atoms with Gasteiger partial charge in [0.25, 0.3) is 10.0 Å². The first-order valence-corrected chi connectivity index (χ1v) is 16.1. The van der Waals surface area contributed by atoms with Gasteiger partial charge in [0.1, 0.15) is 4.21 Å². The van der Waals surface area contributed by atoms with E-state index in [0.29, 0.717) is 36.7 Å². The van der Waals surface area contributed by atoms with E-state index in [0.717, 1.165) is 61.0 Å². The molecule has 11 heteroatoms. The number of aromatic nitrogens is 1. The number of thiazole rings is 1. The zero-order valence-electron chi connectivity index (χ0n) is 21.2. The van der Waals surface area contributed by atoms with Crippen molar-refractivity contribution in [2.45, 2.75) is 36.8 Å². The highest BCUT2D eigenvalue weighted by Gasteiger charge is 2.35. The quantitative estimate of drug-likeness (QED) is 0.391. The summed E-state index contributed by atoms with van der Waals surface area (Å²) in [5, 5.41) is 2.52. The standard InChI is InChI=1S/C26H34N4O4S3/c1-2-20-6-7-22-23(19-20)36-26(27-22)30(11-4-10-28-14-16-34-17-15-28)25(31)21-8-12-29(13-9-21)37(32,33)24-5-3-18-35-24/h3,5-7,18-19,21H,2,4,8-17H2,1H3. The molecular weight excluding hydrogens is 529 g/mol. The number of hydrogen-bond acceptors (Lipinski definition) is 8. The summed E-state index contributed by atoms with van der Waals surface area (Å²) < 4.78 is 34.3. The monoisotopic (exact) mass is 562 g/mol. The molecule has 200 valence electrons. The van der Waals surface area contributed by atoms with Gasteiger partial charge in [0, 0.05) is 45.2 Å². The first-order valence-electron chi connectivity index (χ1n) is 13.0. The number of anilines is 1. The molecule has 2 saturated heterocycles. The maximum absolute atomic E-state index is 13.9. The Balaban J connectivity index is 1.30. The number of amides is 1. The summed E-state index contributed by atoms with van der Waals surface area (Å²) in [5.41, 5.74) is 2.17. The van der Waals surface area contributed by atoms with Gasteiger partial charge in [-0.15, -0.1) is 11.3 Å². The molecule has 2 fully saturated rings. The van der Waals surface area contributed by atoms with E-state index < -0.39 is 10.0 Å². The van der Waals surface area contributed by atoms with Gasteiger partial charge in [-0.05, 0) is 54.8 Å². The molecule has 0 aliphatic carbocycles. The van der Waals surface area contributed by atoms with Crippen LogP contribution in [-0.2, 0) is 26.0 Å². The van der Waals surface area contributed by atoms with Crippen molar-refractivity contribution in [2.24, 2.45) is 5.92 Å². The van der Waals surface area contributed by atoms with Crippen LogP contribution in [0.2, 0.25) is 0 Å². The van der Waals surface area contributed by atoms with Crippen molar-refractivity contribution in [3.8, 4) is 0 Å². The fourth-order valence-electron chi connectivity index (χ4n) is 4.97. The highest BCUT2D eigenvalue weighted by Crippen LogP contribution is 2.33. The van der Waals surface area contributed by atoms with Gasteiger partial charge in [0.15, 0.2) is 5.13 Å². The lowest BCUT2D eigenvalue weighted by molar-refractivity contribution is -0.123. The number of fused-ring (bicyclic) bond motifs is 1. The average Bonchev–Trinajstić information content (AvgIpc) is 3.62. The van der Waals surface area contributed by atoms with Crippen LogP contribution in [0.3, 0.4) is 0 Å². The molecule has 0 radical (unpaired) electrons. The maximum atomic E-state index is 13.9. The Bertz CT molecular complexity index is 1290. The van der Waals surface area contributed by atoms with E-state index in [4.69, 9.17) is 9.72 Å². The number of carbonyl (C=O) groups excluding carboxylic acids is 1. The molecule has 37 heavy (non-hydrogen) atoms. The summed E-state index contributed by atoms with van der Waals surface area (Å²) in [4.78, 5) is 22.9. The number of piperidine rings is 1. The first-order chi connectivity index (χ1) is 18.0. The normalized spacial score (nSPS) is 18.4. The number of rotatable bonds is 9. The number of ether oxygens (including phenoxy) is 1. The van der Waals surface area contributed by atoms with Crippen LogP contribution >= 0.6 is 22.7 Å². The van der Waals surface area contributed by atoms with Gasteiger partial charge in [-0.1, -0.05) is 30.4 Å². The molecule has 0 spiro atoms. The predicted octanol–water partition coefficient (Wildman–Crippen LogP) is 4.08. The highest BCUT2D eigenvalue weighted by atomic mass is 32.2. The van der Waals surface area contributed by atoms with Crippen LogP contribution in [0.1, 0.15) is 31.7 Å². The Morgan fingerprint density at radius 1 is 1.16 bits per heavy atom. The van der Waals surface area contributed by atoms with E-state index in [-0.39, 0.29) is 11.8 Å². The molecule has 4 heterocycles. The zero-order valence-corrected chi connectivity index (χ0v) is 23.6. The van der Waals surface area contributed by atoms with Crippen molar-refractivity contribution in [1.29, 1.82) is 0 Å². The maximum Gasteiger partial charge on any atom is 0.252 e. The van der Waals surface area contributed by atoms with Crippen molar-refractivity contribution in [3.63, 3.8) is 0 Å². The third-order valence-corrected chi connectivity index (χ3v) is 11.5. The summed E-state index contributed by atoms with van der Waals surface area (Å²) in [6.45, 7) is 7.73. The zero-order chi connectivity index (χ0) is 25.8. The number of benzene rings is 1. The molecule has 1 aromatic carbocycles. The molecule has 0 N–H and O–H groups in total. The van der Waals surface area contributed by atoms with Crippen molar-refractivity contribution < 1.29 is 17.9 Å². The van der Waals surface area contributed by atoms with Gasteiger partial charge in [0.2, 0.25) is 5.91 Å². The molecule has 0 atom stereocenters. The van der Waals surface area contributed by atoms with Gasteiger partial charge < -0.3 is 4.74 Å². The molecule has 5 rings (SSSR count). The molecule has 2 aliphatic heterocycles. The second kappa shape index (κ2) is 11.9. The molecule has 2 aromatic heterocycles. The van der Waals surface area contributed by atoms with E-state index >= 15 is 0 Å². The average molecular weight is 563 g/mol. The van der Waals surface area contributed by atoms with E-state index in [9.17, 15) is 13.2 Å². The number of morpholine rings is 1. The molecule has 1 amide bonds. The predicted molar refractivity (Wildman–Crippen MR) is 149 cm³/mol. The van der Waals surface area contributed by atoms with Gasteiger partial charge >= 0.3 is 0 Å². The lowest BCUT2D eigenvalue weighted by atomic mass is 9.96. The van der Waals surface area contributed by atoms with Crippen molar-refractivity contribution in [2.75, 3.05) is 57.4 Å². The molecule has 3 aromatic rings. The van der Waals surface area contributed by atoms with E-state index in [2.05, 4.69) is 24.0 Å². The molecule has 0 bridgehead atoms. The summed E-state index contributed by atoms with van der Waals surface area (Å²) in [6, 6.07) is 9.70. The number of hydrogen-bond donors (Lipinski definition) is 0. The molecule has 8 nitrogen and oxygen atoms in total. The van der Waals surface area contributed by atoms with E-state index in [1.165, 1.54) is 21.2 Å². The van der Waals surface area contributed by atoms with Crippen molar-refractivity contribution >= 4 is 54.0 Å². The fourth-order valence-corrected chi connectivity index (χ4v) is 8.65. The SMILES string of the molecule is CCc1ccc2nc(N(CCCN3CCOCC3)C(=O)C3CCN(S(=O)(=O)c4cccs4)CC3)sc2c1. The van der Waals surface area contributed by atoms with Crippen molar-refractivity contribution in [3.05, 3.63) is 41.3 Å². The topological polar surface area (TPSA) is 83.1 Å². The number of aryl methyl sites for hydroxylation is 1. The fraction of sp³-hybridized carbons (Fsp3) is 0.538. The van der Waals surface area contributed by atoms with E-state index in [1.807, 2.05) is 11.0 Å². The van der Waals surface area contributed by atoms with Crippen LogP contribution in [0.25, 0.3) is 10.2 Å². The van der Waals surface area contributed by atoms with Gasteiger partial charge in [0.05, 0.1) is 23.4 Å². The second-order valence-corrected chi connectivity index (χ2v) is 13.7. The Morgan fingerprint density at radius 2 is 1.95 bits per heavy atom. The smallest absolute Gasteiger partial charge is 0.252 e. The molecule has 2 aliphatic rings. The molecule has 0 unspecified atom stereocenters. The van der Waals surface area contributed by atoms with Gasteiger partial charge in [-0.25, -0.2) is 13.4 Å².